The van der Waals surface area contributed by atoms with Crippen molar-refractivity contribution in [2.24, 2.45) is 0 Å². The number of fused-ring (bicyclic) bond motifs is 1. The highest BCUT2D eigenvalue weighted by molar-refractivity contribution is 7.98. The van der Waals surface area contributed by atoms with E-state index in [2.05, 4.69) is 20.3 Å². The molecule has 1 N–H and O–H groups in total. The second kappa shape index (κ2) is 7.20. The third kappa shape index (κ3) is 3.09. The van der Waals surface area contributed by atoms with Crippen molar-refractivity contribution in [2.75, 3.05) is 5.32 Å². The Bertz CT molecular complexity index is 1050. The quantitative estimate of drug-likeness (QED) is 0.684. The molecular weight excluding hydrogens is 372 g/mol. The molecule has 1 aliphatic heterocycles. The molecule has 0 saturated carbocycles. The average Bonchev–Trinajstić information content (AvgIpc) is 3.15. The molecule has 2 aliphatic rings. The summed E-state index contributed by atoms with van der Waals surface area (Å²) in [7, 11) is 0. The normalized spacial score (nSPS) is 18.4. The van der Waals surface area contributed by atoms with E-state index in [1.165, 1.54) is 11.8 Å². The van der Waals surface area contributed by atoms with E-state index in [1.807, 2.05) is 35.0 Å². The number of thioether (sulfide) groups is 1. The minimum atomic E-state index is -0.265. The van der Waals surface area contributed by atoms with Crippen molar-refractivity contribution in [1.82, 2.24) is 24.7 Å². The Morgan fingerprint density at radius 3 is 2.86 bits per heavy atom. The van der Waals surface area contributed by atoms with Gasteiger partial charge < -0.3 is 5.32 Å². The highest BCUT2D eigenvalue weighted by atomic mass is 32.2. The van der Waals surface area contributed by atoms with Crippen molar-refractivity contribution in [1.29, 1.82) is 0 Å². The van der Waals surface area contributed by atoms with E-state index >= 15 is 0 Å². The smallest absolute Gasteiger partial charge is 0.227 e. The van der Waals surface area contributed by atoms with Crippen LogP contribution in [0.4, 0.5) is 5.95 Å². The van der Waals surface area contributed by atoms with Gasteiger partial charge in [0.15, 0.2) is 5.78 Å². The number of ketones is 1. The number of carbonyl (C=O) groups is 1. The van der Waals surface area contributed by atoms with E-state index in [0.29, 0.717) is 23.3 Å². The summed E-state index contributed by atoms with van der Waals surface area (Å²) in [5, 5.41) is 8.74. The molecular formula is C20H18N6OS. The molecule has 0 fully saturated rings. The van der Waals surface area contributed by atoms with Crippen LogP contribution >= 0.6 is 11.8 Å². The first kappa shape index (κ1) is 17.1. The van der Waals surface area contributed by atoms with E-state index in [4.69, 9.17) is 5.10 Å². The van der Waals surface area contributed by atoms with Gasteiger partial charge in [-0.15, -0.1) is 5.10 Å². The predicted octanol–water partition coefficient (Wildman–Crippen LogP) is 3.38. The molecule has 1 aliphatic carbocycles. The number of carbonyl (C=O) groups excluding carboxylic acids is 1. The van der Waals surface area contributed by atoms with Crippen LogP contribution in [0.5, 0.6) is 0 Å². The van der Waals surface area contributed by atoms with Gasteiger partial charge in [-0.3, -0.25) is 14.8 Å². The number of pyridine rings is 2. The molecule has 7 nitrogen and oxygen atoms in total. The van der Waals surface area contributed by atoms with Gasteiger partial charge in [-0.2, -0.15) is 4.98 Å². The van der Waals surface area contributed by atoms with E-state index in [1.54, 1.807) is 18.6 Å². The summed E-state index contributed by atoms with van der Waals surface area (Å²) >= 11 is 1.54. The van der Waals surface area contributed by atoms with Crippen LogP contribution in [0.2, 0.25) is 0 Å². The second-order valence-electron chi connectivity index (χ2n) is 6.75. The van der Waals surface area contributed by atoms with Gasteiger partial charge in [0.05, 0.1) is 5.69 Å². The van der Waals surface area contributed by atoms with Crippen LogP contribution in [-0.4, -0.2) is 30.5 Å². The first-order chi connectivity index (χ1) is 13.8. The number of aromatic nitrogens is 5. The van der Waals surface area contributed by atoms with Crippen LogP contribution in [0, 0.1) is 0 Å². The Kier molecular flexibility index (Phi) is 4.40. The molecule has 1 unspecified atom stereocenters. The van der Waals surface area contributed by atoms with Crippen molar-refractivity contribution in [2.45, 2.75) is 36.2 Å². The number of nitrogens with one attached hydrogen (secondary N) is 1. The number of allylic oxidation sites excluding steroid dienone is 2. The average molecular weight is 390 g/mol. The molecule has 1 atom stereocenters. The Labute approximate surface area is 166 Å². The lowest BCUT2D eigenvalue weighted by molar-refractivity contribution is -0.116. The summed E-state index contributed by atoms with van der Waals surface area (Å²) in [6, 6.07) is 9.47. The largest absolute Gasteiger partial charge is 0.328 e. The number of anilines is 1. The van der Waals surface area contributed by atoms with Crippen molar-refractivity contribution in [3.05, 3.63) is 71.4 Å². The fraction of sp³-hybridized carbons (Fsp3) is 0.250. The first-order valence-electron chi connectivity index (χ1n) is 9.22. The van der Waals surface area contributed by atoms with Crippen molar-refractivity contribution in [3.8, 4) is 0 Å². The summed E-state index contributed by atoms with van der Waals surface area (Å²) < 4.78 is 1.83. The fourth-order valence-electron chi connectivity index (χ4n) is 3.67. The third-order valence-corrected chi connectivity index (χ3v) is 5.82. The van der Waals surface area contributed by atoms with Gasteiger partial charge in [0.2, 0.25) is 11.1 Å². The van der Waals surface area contributed by atoms with Gasteiger partial charge in [0, 0.05) is 42.0 Å². The summed E-state index contributed by atoms with van der Waals surface area (Å²) in [6.07, 6.45) is 7.57. The van der Waals surface area contributed by atoms with E-state index in [9.17, 15) is 4.79 Å². The molecule has 3 aromatic rings. The monoisotopic (exact) mass is 390 g/mol. The van der Waals surface area contributed by atoms with Crippen LogP contribution in [0.15, 0.2) is 65.3 Å². The SMILES string of the molecule is O=C1CCCC2=C1C(c1ccncc1)n1nc(SCc3ccccn3)nc1N2. The Morgan fingerprint density at radius 1 is 1.14 bits per heavy atom. The van der Waals surface area contributed by atoms with E-state index < -0.39 is 0 Å². The molecule has 3 aromatic heterocycles. The van der Waals surface area contributed by atoms with Gasteiger partial charge in [-0.25, -0.2) is 4.68 Å². The van der Waals surface area contributed by atoms with Gasteiger partial charge in [0.25, 0.3) is 0 Å². The zero-order valence-corrected chi connectivity index (χ0v) is 15.9. The van der Waals surface area contributed by atoms with E-state index in [0.717, 1.165) is 35.4 Å². The standard InChI is InChI=1S/C20H18N6OS/c27-16-6-3-5-15-17(16)18(13-7-10-21-11-8-13)26-19(23-15)24-20(25-26)28-12-14-4-1-2-9-22-14/h1-2,4,7-11,18H,3,5-6,12H2,(H,23,24,25). The zero-order valence-electron chi connectivity index (χ0n) is 15.1. The van der Waals surface area contributed by atoms with Crippen molar-refractivity contribution < 1.29 is 4.79 Å². The number of nitrogens with zero attached hydrogens (tertiary/aromatic N) is 5. The molecule has 0 aromatic carbocycles. The Hall–Kier alpha value is -3.00. The molecule has 0 bridgehead atoms. The maximum Gasteiger partial charge on any atom is 0.227 e. The zero-order chi connectivity index (χ0) is 18.9. The molecule has 4 heterocycles. The lowest BCUT2D eigenvalue weighted by Crippen LogP contribution is -2.31. The molecule has 140 valence electrons. The Morgan fingerprint density at radius 2 is 2.04 bits per heavy atom. The summed E-state index contributed by atoms with van der Waals surface area (Å²) in [4.78, 5) is 25.9. The minimum Gasteiger partial charge on any atom is -0.328 e. The van der Waals surface area contributed by atoms with Crippen molar-refractivity contribution in [3.63, 3.8) is 0 Å². The van der Waals surface area contributed by atoms with Gasteiger partial charge >= 0.3 is 0 Å². The third-order valence-electron chi connectivity index (χ3n) is 4.95. The number of hydrogen-bond acceptors (Lipinski definition) is 7. The molecule has 8 heteroatoms. The minimum absolute atomic E-state index is 0.180. The predicted molar refractivity (Wildman–Crippen MR) is 106 cm³/mol. The second-order valence-corrected chi connectivity index (χ2v) is 7.69. The van der Waals surface area contributed by atoms with Crippen LogP contribution < -0.4 is 5.32 Å². The first-order valence-corrected chi connectivity index (χ1v) is 10.2. The topological polar surface area (TPSA) is 85.6 Å². The molecule has 0 amide bonds. The highest BCUT2D eigenvalue weighted by Gasteiger charge is 2.36. The highest BCUT2D eigenvalue weighted by Crippen LogP contribution is 2.40. The maximum atomic E-state index is 12.8. The summed E-state index contributed by atoms with van der Waals surface area (Å²) in [5.74, 6) is 1.55. The molecule has 28 heavy (non-hydrogen) atoms. The molecule has 5 rings (SSSR count). The maximum absolute atomic E-state index is 12.8. The van der Waals surface area contributed by atoms with Gasteiger partial charge in [-0.05, 0) is 42.7 Å². The molecule has 0 saturated heterocycles. The fourth-order valence-corrected chi connectivity index (χ4v) is 4.42. The van der Waals surface area contributed by atoms with Crippen LogP contribution in [0.3, 0.4) is 0 Å². The van der Waals surface area contributed by atoms with Crippen LogP contribution in [0.25, 0.3) is 0 Å². The molecule has 0 radical (unpaired) electrons. The lowest BCUT2D eigenvalue weighted by Gasteiger charge is -2.32. The molecule has 0 spiro atoms. The number of Topliss-reactive ketones (excluding diaryl/α,β-unsaturated/α-hetero) is 1. The van der Waals surface area contributed by atoms with Crippen LogP contribution in [0.1, 0.15) is 36.6 Å². The van der Waals surface area contributed by atoms with E-state index in [-0.39, 0.29) is 11.8 Å². The summed E-state index contributed by atoms with van der Waals surface area (Å²) in [6.45, 7) is 0. The summed E-state index contributed by atoms with van der Waals surface area (Å²) in [5.41, 5.74) is 3.74. The van der Waals surface area contributed by atoms with Crippen molar-refractivity contribution >= 4 is 23.5 Å². The Balaban J connectivity index is 1.51. The van der Waals surface area contributed by atoms with Gasteiger partial charge in [0.1, 0.15) is 6.04 Å². The lowest BCUT2D eigenvalue weighted by atomic mass is 9.86. The van der Waals surface area contributed by atoms with Gasteiger partial charge in [-0.1, -0.05) is 17.8 Å². The number of hydrogen-bond donors (Lipinski definition) is 1. The van der Waals surface area contributed by atoms with Crippen LogP contribution in [-0.2, 0) is 10.5 Å². The number of rotatable bonds is 4.